The molecule has 25 heavy (non-hydrogen) atoms. The molecule has 1 amide bonds. The zero-order valence-electron chi connectivity index (χ0n) is 17.1. The number of carbonyl (C=O) groups is 1. The average molecular weight is 353 g/mol. The number of carboxylic acid groups (broad SMARTS) is 1. The lowest BCUT2D eigenvalue weighted by atomic mass is 9.80. The lowest BCUT2D eigenvalue weighted by molar-refractivity contribution is 0.0169. The van der Waals surface area contributed by atoms with Gasteiger partial charge in [0.15, 0.2) is 0 Å². The first-order valence-electron chi connectivity index (χ1n) is 10.4. The van der Waals surface area contributed by atoms with Crippen LogP contribution in [-0.4, -0.2) is 52.2 Å². The molecule has 1 aliphatic carbocycles. The molecule has 1 N–H and O–H groups in total. The summed E-state index contributed by atoms with van der Waals surface area (Å²) in [7, 11) is 0. The van der Waals surface area contributed by atoms with E-state index in [0.29, 0.717) is 5.92 Å². The summed E-state index contributed by atoms with van der Waals surface area (Å²) in [6.45, 7) is 14.2. The molecule has 0 aromatic heterocycles. The largest absolute Gasteiger partial charge is 0.465 e. The van der Waals surface area contributed by atoms with Crippen molar-refractivity contribution in [2.24, 2.45) is 17.8 Å². The van der Waals surface area contributed by atoms with Crippen molar-refractivity contribution in [1.82, 2.24) is 9.80 Å². The van der Waals surface area contributed by atoms with Gasteiger partial charge in [-0.1, -0.05) is 26.7 Å². The van der Waals surface area contributed by atoms with Crippen LogP contribution in [0, 0.1) is 17.8 Å². The standard InChI is InChI=1S/C21H40N2O2/c1-16(2)13-17-9-8-12-22(14-17)15-18-10-6-7-11-19(18)23(20(24)25)21(3,4)5/h16-19H,6-15H2,1-5H3,(H,24,25)/t17?,18-,19+/m0/s1. The summed E-state index contributed by atoms with van der Waals surface area (Å²) >= 11 is 0. The molecule has 0 aromatic carbocycles. The summed E-state index contributed by atoms with van der Waals surface area (Å²) in [5, 5.41) is 9.84. The van der Waals surface area contributed by atoms with Crippen molar-refractivity contribution in [3.05, 3.63) is 0 Å². The molecule has 1 heterocycles. The maximum Gasteiger partial charge on any atom is 0.407 e. The van der Waals surface area contributed by atoms with Gasteiger partial charge in [-0.2, -0.15) is 0 Å². The number of hydrogen-bond donors (Lipinski definition) is 1. The summed E-state index contributed by atoms with van der Waals surface area (Å²) in [6, 6.07) is 0.178. The molecule has 0 bridgehead atoms. The van der Waals surface area contributed by atoms with Crippen molar-refractivity contribution in [2.45, 2.75) is 91.1 Å². The van der Waals surface area contributed by atoms with Gasteiger partial charge >= 0.3 is 6.09 Å². The Morgan fingerprint density at radius 3 is 2.44 bits per heavy atom. The van der Waals surface area contributed by atoms with Crippen molar-refractivity contribution in [3.63, 3.8) is 0 Å². The normalized spacial score (nSPS) is 29.0. The number of piperidine rings is 1. The molecule has 4 nitrogen and oxygen atoms in total. The predicted octanol–water partition coefficient (Wildman–Crippen LogP) is 5.08. The van der Waals surface area contributed by atoms with Gasteiger partial charge in [-0.05, 0) is 77.2 Å². The number of likely N-dealkylation sites (tertiary alicyclic amines) is 1. The molecule has 146 valence electrons. The van der Waals surface area contributed by atoms with Gasteiger partial charge in [0.05, 0.1) is 0 Å². The van der Waals surface area contributed by atoms with E-state index in [0.717, 1.165) is 31.2 Å². The molecule has 0 spiro atoms. The summed E-state index contributed by atoms with van der Waals surface area (Å²) < 4.78 is 0. The van der Waals surface area contributed by atoms with E-state index in [-0.39, 0.29) is 11.6 Å². The Kier molecular flexibility index (Phi) is 7.19. The Morgan fingerprint density at radius 2 is 1.84 bits per heavy atom. The van der Waals surface area contributed by atoms with Crippen LogP contribution in [0.2, 0.25) is 0 Å². The third kappa shape index (κ3) is 5.87. The van der Waals surface area contributed by atoms with Gasteiger partial charge in [-0.15, -0.1) is 0 Å². The Labute approximate surface area is 155 Å². The van der Waals surface area contributed by atoms with E-state index in [1.807, 2.05) is 20.8 Å². The summed E-state index contributed by atoms with van der Waals surface area (Å²) in [5.41, 5.74) is -0.325. The van der Waals surface area contributed by atoms with Gasteiger partial charge in [0.1, 0.15) is 0 Å². The van der Waals surface area contributed by atoms with E-state index in [1.54, 1.807) is 4.90 Å². The van der Waals surface area contributed by atoms with Crippen molar-refractivity contribution in [1.29, 1.82) is 0 Å². The van der Waals surface area contributed by atoms with Crippen molar-refractivity contribution < 1.29 is 9.90 Å². The maximum atomic E-state index is 12.0. The minimum Gasteiger partial charge on any atom is -0.465 e. The summed E-state index contributed by atoms with van der Waals surface area (Å²) in [6.07, 6.45) is 7.86. The molecule has 4 heteroatoms. The monoisotopic (exact) mass is 352 g/mol. The summed E-state index contributed by atoms with van der Waals surface area (Å²) in [4.78, 5) is 16.4. The number of nitrogens with zero attached hydrogens (tertiary/aromatic N) is 2. The maximum absolute atomic E-state index is 12.0. The lowest BCUT2D eigenvalue weighted by Crippen LogP contribution is -2.56. The van der Waals surface area contributed by atoms with Crippen LogP contribution in [0.5, 0.6) is 0 Å². The summed E-state index contributed by atoms with van der Waals surface area (Å²) in [5.74, 6) is 2.09. The first-order valence-corrected chi connectivity index (χ1v) is 10.4. The van der Waals surface area contributed by atoms with Crippen LogP contribution in [0.1, 0.15) is 79.6 Å². The molecule has 1 unspecified atom stereocenters. The van der Waals surface area contributed by atoms with Crippen LogP contribution in [0.3, 0.4) is 0 Å². The van der Waals surface area contributed by atoms with Gasteiger partial charge in [-0.3, -0.25) is 0 Å². The molecule has 2 rings (SSSR count). The molecule has 0 aromatic rings. The number of hydrogen-bond acceptors (Lipinski definition) is 2. The van der Waals surface area contributed by atoms with E-state index < -0.39 is 6.09 Å². The van der Waals surface area contributed by atoms with Gasteiger partial charge in [0.2, 0.25) is 0 Å². The SMILES string of the molecule is CC(C)CC1CCCN(C[C@@H]2CCCC[C@H]2N(C(=O)O)C(C)(C)C)C1. The zero-order valence-corrected chi connectivity index (χ0v) is 17.1. The minimum absolute atomic E-state index is 0.178. The van der Waals surface area contributed by atoms with Crippen LogP contribution in [-0.2, 0) is 0 Å². The van der Waals surface area contributed by atoms with Gasteiger partial charge in [0.25, 0.3) is 0 Å². The van der Waals surface area contributed by atoms with E-state index in [4.69, 9.17) is 0 Å². The van der Waals surface area contributed by atoms with Crippen molar-refractivity contribution in [2.75, 3.05) is 19.6 Å². The highest BCUT2D eigenvalue weighted by atomic mass is 16.4. The van der Waals surface area contributed by atoms with Crippen LogP contribution < -0.4 is 0 Å². The van der Waals surface area contributed by atoms with Gasteiger partial charge in [0, 0.05) is 24.7 Å². The van der Waals surface area contributed by atoms with E-state index in [1.165, 1.54) is 45.2 Å². The second kappa shape index (κ2) is 8.75. The first kappa shape index (κ1) is 20.5. The van der Waals surface area contributed by atoms with E-state index >= 15 is 0 Å². The fourth-order valence-electron chi connectivity index (χ4n) is 5.18. The molecule has 2 fully saturated rings. The van der Waals surface area contributed by atoms with E-state index in [9.17, 15) is 9.90 Å². The topological polar surface area (TPSA) is 43.8 Å². The Hall–Kier alpha value is -0.770. The lowest BCUT2D eigenvalue weighted by Gasteiger charge is -2.47. The molecule has 2 aliphatic rings. The highest BCUT2D eigenvalue weighted by Gasteiger charge is 2.39. The molecule has 1 aliphatic heterocycles. The fraction of sp³-hybridized carbons (Fsp3) is 0.952. The van der Waals surface area contributed by atoms with Crippen LogP contribution >= 0.6 is 0 Å². The smallest absolute Gasteiger partial charge is 0.407 e. The van der Waals surface area contributed by atoms with E-state index in [2.05, 4.69) is 18.7 Å². The highest BCUT2D eigenvalue weighted by Crippen LogP contribution is 2.34. The third-order valence-corrected chi connectivity index (χ3v) is 6.03. The zero-order chi connectivity index (χ0) is 18.6. The predicted molar refractivity (Wildman–Crippen MR) is 104 cm³/mol. The highest BCUT2D eigenvalue weighted by molar-refractivity contribution is 5.66. The fourth-order valence-corrected chi connectivity index (χ4v) is 5.18. The molecule has 0 radical (unpaired) electrons. The second-order valence-electron chi connectivity index (χ2n) is 9.83. The van der Waals surface area contributed by atoms with Crippen LogP contribution in [0.4, 0.5) is 4.79 Å². The minimum atomic E-state index is -0.749. The molecular weight excluding hydrogens is 312 g/mol. The Bertz CT molecular complexity index is 430. The average Bonchev–Trinajstić information content (AvgIpc) is 2.47. The van der Waals surface area contributed by atoms with Crippen LogP contribution in [0.25, 0.3) is 0 Å². The number of rotatable bonds is 5. The van der Waals surface area contributed by atoms with Crippen molar-refractivity contribution >= 4 is 6.09 Å². The Morgan fingerprint density at radius 1 is 1.16 bits per heavy atom. The van der Waals surface area contributed by atoms with Crippen molar-refractivity contribution in [3.8, 4) is 0 Å². The molecule has 3 atom stereocenters. The van der Waals surface area contributed by atoms with Gasteiger partial charge in [-0.25, -0.2) is 4.79 Å². The van der Waals surface area contributed by atoms with Crippen LogP contribution in [0.15, 0.2) is 0 Å². The quantitative estimate of drug-likeness (QED) is 0.750. The second-order valence-corrected chi connectivity index (χ2v) is 9.83. The molecular formula is C21H40N2O2. The Balaban J connectivity index is 2.03. The first-order chi connectivity index (χ1) is 11.7. The molecule has 1 saturated heterocycles. The number of amides is 1. The third-order valence-electron chi connectivity index (χ3n) is 6.03. The van der Waals surface area contributed by atoms with Gasteiger partial charge < -0.3 is 14.9 Å². The molecule has 1 saturated carbocycles.